The molecule has 0 saturated carbocycles. The predicted molar refractivity (Wildman–Crippen MR) is 107 cm³/mol. The number of thiophene rings is 1. The van der Waals surface area contributed by atoms with Gasteiger partial charge in [0.25, 0.3) is 5.91 Å². The average molecular weight is 395 g/mol. The van der Waals surface area contributed by atoms with Crippen molar-refractivity contribution in [2.45, 2.75) is 32.6 Å². The first-order valence-electron chi connectivity index (χ1n) is 9.29. The zero-order chi connectivity index (χ0) is 19.3. The van der Waals surface area contributed by atoms with Gasteiger partial charge in [0.2, 0.25) is 11.7 Å². The maximum atomic E-state index is 12.2. The first-order valence-corrected chi connectivity index (χ1v) is 10.2. The van der Waals surface area contributed by atoms with Gasteiger partial charge in [0.1, 0.15) is 11.3 Å². The zero-order valence-corrected chi connectivity index (χ0v) is 16.4. The van der Waals surface area contributed by atoms with Crippen LogP contribution in [0.15, 0.2) is 46.6 Å². The monoisotopic (exact) mass is 395 g/mol. The predicted octanol–water partition coefficient (Wildman–Crippen LogP) is 3.90. The number of nitrogens with one attached hydrogen (secondary N) is 1. The number of carbonyl (C=O) groups is 1. The summed E-state index contributed by atoms with van der Waals surface area (Å²) in [7, 11) is 0. The maximum absolute atomic E-state index is 12.2. The van der Waals surface area contributed by atoms with E-state index in [1.54, 1.807) is 17.5 Å². The molecule has 0 fully saturated rings. The average Bonchev–Trinajstić information content (AvgIpc) is 3.43. The molecule has 4 aromatic rings. The van der Waals surface area contributed by atoms with Crippen LogP contribution in [-0.2, 0) is 6.42 Å². The standard InChI is InChI=1S/C20H21N5O2S/c1-14-8-10-25-13-15(22-17(25)12-14)20(26)21-9-4-2-3-7-18-23-19(24-27-18)16-6-5-11-28-16/h5-6,8,10-13H,2-4,7,9H2,1H3,(H,21,26). The van der Waals surface area contributed by atoms with Crippen molar-refractivity contribution in [3.8, 4) is 10.7 Å². The number of rotatable bonds is 8. The van der Waals surface area contributed by atoms with Crippen LogP contribution in [0.1, 0.15) is 41.2 Å². The molecular formula is C20H21N5O2S. The molecule has 0 saturated heterocycles. The molecular weight excluding hydrogens is 374 g/mol. The maximum Gasteiger partial charge on any atom is 0.271 e. The molecule has 0 aliphatic rings. The van der Waals surface area contributed by atoms with Crippen LogP contribution in [0.5, 0.6) is 0 Å². The third-order valence-electron chi connectivity index (χ3n) is 4.41. The molecule has 0 radical (unpaired) electrons. The van der Waals surface area contributed by atoms with E-state index in [1.165, 1.54) is 0 Å². The van der Waals surface area contributed by atoms with Crippen molar-refractivity contribution in [3.63, 3.8) is 0 Å². The molecule has 0 aliphatic carbocycles. The number of pyridine rings is 1. The van der Waals surface area contributed by atoms with Crippen LogP contribution in [0.25, 0.3) is 16.3 Å². The summed E-state index contributed by atoms with van der Waals surface area (Å²) in [5, 5.41) is 8.94. The molecule has 0 spiro atoms. The summed E-state index contributed by atoms with van der Waals surface area (Å²) in [6.07, 6.45) is 7.22. The Morgan fingerprint density at radius 3 is 3.04 bits per heavy atom. The van der Waals surface area contributed by atoms with Crippen molar-refractivity contribution < 1.29 is 9.32 Å². The topological polar surface area (TPSA) is 85.3 Å². The zero-order valence-electron chi connectivity index (χ0n) is 15.6. The van der Waals surface area contributed by atoms with Gasteiger partial charge in [-0.05, 0) is 48.9 Å². The molecule has 8 heteroatoms. The third-order valence-corrected chi connectivity index (χ3v) is 5.28. The number of aromatic nitrogens is 4. The van der Waals surface area contributed by atoms with Gasteiger partial charge in [-0.2, -0.15) is 4.98 Å². The van der Waals surface area contributed by atoms with Crippen LogP contribution in [0.3, 0.4) is 0 Å². The van der Waals surface area contributed by atoms with E-state index in [4.69, 9.17) is 4.52 Å². The molecule has 4 rings (SSSR count). The highest BCUT2D eigenvalue weighted by Crippen LogP contribution is 2.21. The minimum Gasteiger partial charge on any atom is -0.351 e. The fraction of sp³-hybridized carbons (Fsp3) is 0.300. The van der Waals surface area contributed by atoms with Crippen LogP contribution >= 0.6 is 11.3 Å². The summed E-state index contributed by atoms with van der Waals surface area (Å²) in [5.74, 6) is 1.17. The molecule has 144 valence electrons. The number of unbranched alkanes of at least 4 members (excludes halogenated alkanes) is 2. The highest BCUT2D eigenvalue weighted by molar-refractivity contribution is 7.13. The molecule has 0 bridgehead atoms. The first-order chi connectivity index (χ1) is 13.7. The second kappa shape index (κ2) is 8.35. The van der Waals surface area contributed by atoms with E-state index in [-0.39, 0.29) is 5.91 Å². The number of carbonyl (C=O) groups excluding carboxylic acids is 1. The Kier molecular flexibility index (Phi) is 5.48. The molecule has 0 aromatic carbocycles. The second-order valence-corrected chi connectivity index (χ2v) is 7.60. The van der Waals surface area contributed by atoms with Gasteiger partial charge in [0, 0.05) is 25.4 Å². The molecule has 0 aliphatic heterocycles. The van der Waals surface area contributed by atoms with Crippen LogP contribution in [-0.4, -0.2) is 32.0 Å². The molecule has 1 amide bonds. The number of aryl methyl sites for hydroxylation is 2. The lowest BCUT2D eigenvalue weighted by Gasteiger charge is -2.02. The molecule has 4 aromatic heterocycles. The van der Waals surface area contributed by atoms with E-state index in [2.05, 4.69) is 20.4 Å². The summed E-state index contributed by atoms with van der Waals surface area (Å²) in [6, 6.07) is 7.89. The molecule has 7 nitrogen and oxygen atoms in total. The summed E-state index contributed by atoms with van der Waals surface area (Å²) in [6.45, 7) is 2.63. The van der Waals surface area contributed by atoms with Gasteiger partial charge in [-0.3, -0.25) is 4.79 Å². The Balaban J connectivity index is 1.18. The number of nitrogens with zero attached hydrogens (tertiary/aromatic N) is 4. The van der Waals surface area contributed by atoms with Gasteiger partial charge in [0.15, 0.2) is 0 Å². The lowest BCUT2D eigenvalue weighted by molar-refractivity contribution is 0.0948. The molecule has 28 heavy (non-hydrogen) atoms. The summed E-state index contributed by atoms with van der Waals surface area (Å²) in [5.41, 5.74) is 2.35. The minimum absolute atomic E-state index is 0.140. The van der Waals surface area contributed by atoms with Gasteiger partial charge in [0.05, 0.1) is 4.88 Å². The Labute approximate surface area is 166 Å². The van der Waals surface area contributed by atoms with Crippen molar-refractivity contribution >= 4 is 22.9 Å². The van der Waals surface area contributed by atoms with Gasteiger partial charge >= 0.3 is 0 Å². The molecule has 0 unspecified atom stereocenters. The third kappa shape index (κ3) is 4.28. The van der Waals surface area contributed by atoms with E-state index in [1.807, 2.05) is 47.2 Å². The van der Waals surface area contributed by atoms with Crippen LogP contribution in [0, 0.1) is 6.92 Å². The Morgan fingerprint density at radius 2 is 2.18 bits per heavy atom. The second-order valence-electron chi connectivity index (χ2n) is 6.65. The van der Waals surface area contributed by atoms with Crippen molar-refractivity contribution in [2.75, 3.05) is 6.54 Å². The lowest BCUT2D eigenvalue weighted by Crippen LogP contribution is -2.24. The number of fused-ring (bicyclic) bond motifs is 1. The number of hydrogen-bond acceptors (Lipinski definition) is 6. The summed E-state index contributed by atoms with van der Waals surface area (Å²) < 4.78 is 7.15. The largest absolute Gasteiger partial charge is 0.351 e. The fourth-order valence-electron chi connectivity index (χ4n) is 2.93. The van der Waals surface area contributed by atoms with E-state index in [0.717, 1.165) is 41.8 Å². The van der Waals surface area contributed by atoms with Gasteiger partial charge in [-0.25, -0.2) is 4.98 Å². The number of imidazole rings is 1. The Bertz CT molecular complexity index is 1070. The smallest absolute Gasteiger partial charge is 0.271 e. The number of hydrogen-bond donors (Lipinski definition) is 1. The van der Waals surface area contributed by atoms with Crippen LogP contribution in [0.2, 0.25) is 0 Å². The molecule has 0 atom stereocenters. The SMILES string of the molecule is Cc1ccn2cc(C(=O)NCCCCCc3nc(-c4cccs4)no3)nc2c1. The quantitative estimate of drug-likeness (QED) is 0.457. The van der Waals surface area contributed by atoms with Crippen molar-refractivity contribution in [1.82, 2.24) is 24.8 Å². The highest BCUT2D eigenvalue weighted by Gasteiger charge is 2.11. The normalized spacial score (nSPS) is 11.2. The minimum atomic E-state index is -0.140. The summed E-state index contributed by atoms with van der Waals surface area (Å²) in [4.78, 5) is 22.1. The fourth-order valence-corrected chi connectivity index (χ4v) is 3.58. The first kappa shape index (κ1) is 18.4. The Morgan fingerprint density at radius 1 is 1.25 bits per heavy atom. The van der Waals surface area contributed by atoms with Gasteiger partial charge in [-0.1, -0.05) is 17.6 Å². The van der Waals surface area contributed by atoms with Gasteiger partial charge in [-0.15, -0.1) is 11.3 Å². The van der Waals surface area contributed by atoms with Gasteiger partial charge < -0.3 is 14.2 Å². The van der Waals surface area contributed by atoms with Crippen molar-refractivity contribution in [3.05, 3.63) is 59.2 Å². The van der Waals surface area contributed by atoms with Crippen molar-refractivity contribution in [1.29, 1.82) is 0 Å². The van der Waals surface area contributed by atoms with E-state index in [9.17, 15) is 4.79 Å². The van der Waals surface area contributed by atoms with Crippen LogP contribution < -0.4 is 5.32 Å². The lowest BCUT2D eigenvalue weighted by atomic mass is 10.2. The molecule has 1 N–H and O–H groups in total. The van der Waals surface area contributed by atoms with E-state index >= 15 is 0 Å². The van der Waals surface area contributed by atoms with Crippen molar-refractivity contribution in [2.24, 2.45) is 0 Å². The van der Waals surface area contributed by atoms with E-state index < -0.39 is 0 Å². The molecule has 4 heterocycles. The number of amides is 1. The highest BCUT2D eigenvalue weighted by atomic mass is 32.1. The van der Waals surface area contributed by atoms with Crippen LogP contribution in [0.4, 0.5) is 0 Å². The summed E-state index contributed by atoms with van der Waals surface area (Å²) >= 11 is 1.60. The van der Waals surface area contributed by atoms with E-state index in [0.29, 0.717) is 24.0 Å². The Hall–Kier alpha value is -3.00.